The first-order chi connectivity index (χ1) is 11.8. The van der Waals surface area contributed by atoms with Gasteiger partial charge in [-0.15, -0.1) is 0 Å². The lowest BCUT2D eigenvalue weighted by molar-refractivity contribution is -0.120. The number of carbonyl (C=O) groups excluding carboxylic acids is 2. The van der Waals surface area contributed by atoms with Gasteiger partial charge < -0.3 is 10.6 Å². The summed E-state index contributed by atoms with van der Waals surface area (Å²) < 4.78 is 26.0. The van der Waals surface area contributed by atoms with E-state index in [1.165, 1.54) is 0 Å². The van der Waals surface area contributed by atoms with Gasteiger partial charge >= 0.3 is 0 Å². The summed E-state index contributed by atoms with van der Waals surface area (Å²) in [6.07, 6.45) is 4.32. The van der Waals surface area contributed by atoms with Crippen LogP contribution in [0.5, 0.6) is 0 Å². The summed E-state index contributed by atoms with van der Waals surface area (Å²) in [7, 11) is -3.38. The zero-order valence-corrected chi connectivity index (χ0v) is 15.0. The normalized spacial score (nSPS) is 27.0. The molecule has 0 bridgehead atoms. The third-order valence-electron chi connectivity index (χ3n) is 5.05. The Labute approximate surface area is 147 Å². The van der Waals surface area contributed by atoms with Gasteiger partial charge in [0.2, 0.25) is 15.9 Å². The molecule has 1 unspecified atom stereocenters. The Balaban J connectivity index is 1.95. The van der Waals surface area contributed by atoms with E-state index in [1.807, 2.05) is 0 Å². The molecule has 0 spiro atoms. The number of nitrogens with one attached hydrogen (secondary N) is 1. The van der Waals surface area contributed by atoms with Gasteiger partial charge in [-0.25, -0.2) is 13.1 Å². The number of hydrogen-bond donors (Lipinski definition) is 2. The molecule has 1 aromatic carbocycles. The van der Waals surface area contributed by atoms with Crippen molar-refractivity contribution in [2.45, 2.75) is 43.7 Å². The lowest BCUT2D eigenvalue weighted by Gasteiger charge is -2.43. The number of nitrogens with zero attached hydrogens (tertiary/aromatic N) is 1. The van der Waals surface area contributed by atoms with Crippen LogP contribution in [0.15, 0.2) is 24.3 Å². The topological polar surface area (TPSA) is 110 Å². The Kier molecular flexibility index (Phi) is 4.83. The molecule has 136 valence electrons. The van der Waals surface area contributed by atoms with E-state index in [1.54, 1.807) is 29.2 Å². The minimum Gasteiger partial charge on any atom is -0.369 e. The van der Waals surface area contributed by atoms with Crippen LogP contribution in [0.3, 0.4) is 0 Å². The molecule has 1 aromatic rings. The van der Waals surface area contributed by atoms with Gasteiger partial charge in [-0.05, 0) is 24.5 Å². The van der Waals surface area contributed by atoms with E-state index in [2.05, 4.69) is 4.72 Å². The molecule has 8 heteroatoms. The number of carbonyl (C=O) groups is 2. The molecular weight excluding hydrogens is 342 g/mol. The second-order valence-corrected chi connectivity index (χ2v) is 8.63. The summed E-state index contributed by atoms with van der Waals surface area (Å²) in [6.45, 7) is 0.192. The zero-order valence-electron chi connectivity index (χ0n) is 14.1. The molecule has 0 aromatic heterocycles. The number of sulfonamides is 1. The average Bonchev–Trinajstić information content (AvgIpc) is 2.54. The second-order valence-electron chi connectivity index (χ2n) is 6.85. The van der Waals surface area contributed by atoms with Crippen LogP contribution in [0.2, 0.25) is 0 Å². The summed E-state index contributed by atoms with van der Waals surface area (Å²) in [4.78, 5) is 26.6. The third-order valence-corrected chi connectivity index (χ3v) is 5.78. The highest BCUT2D eigenvalue weighted by Crippen LogP contribution is 2.33. The number of benzene rings is 1. The number of rotatable bonds is 4. The number of primary amides is 1. The van der Waals surface area contributed by atoms with Gasteiger partial charge in [0, 0.05) is 24.2 Å². The van der Waals surface area contributed by atoms with Crippen molar-refractivity contribution in [3.8, 4) is 0 Å². The molecule has 0 radical (unpaired) electrons. The molecular formula is C17H23N3O4S. The van der Waals surface area contributed by atoms with Crippen molar-refractivity contribution in [2.75, 3.05) is 12.8 Å². The van der Waals surface area contributed by atoms with Crippen molar-refractivity contribution in [1.82, 2.24) is 9.62 Å². The fourth-order valence-corrected chi connectivity index (χ4v) is 4.78. The fraction of sp³-hybridized carbons (Fsp3) is 0.529. The summed E-state index contributed by atoms with van der Waals surface area (Å²) in [5, 5.41) is 0. The first kappa shape index (κ1) is 17.9. The van der Waals surface area contributed by atoms with Gasteiger partial charge in [0.1, 0.15) is 0 Å². The number of hydrogen-bond acceptors (Lipinski definition) is 4. The summed E-state index contributed by atoms with van der Waals surface area (Å²) in [6, 6.07) is 6.38. The minimum atomic E-state index is -3.38. The van der Waals surface area contributed by atoms with Crippen LogP contribution in [-0.4, -0.2) is 50.0 Å². The Hall–Kier alpha value is -1.93. The highest BCUT2D eigenvalue weighted by atomic mass is 32.2. The molecule has 1 aliphatic heterocycles. The second kappa shape index (κ2) is 6.76. The molecule has 3 rings (SSSR count). The van der Waals surface area contributed by atoms with Gasteiger partial charge in [0.25, 0.3) is 5.91 Å². The van der Waals surface area contributed by atoms with Crippen LogP contribution in [0, 0.1) is 0 Å². The molecule has 7 nitrogen and oxygen atoms in total. The van der Waals surface area contributed by atoms with E-state index in [4.69, 9.17) is 5.73 Å². The zero-order chi connectivity index (χ0) is 18.2. The maximum atomic E-state index is 13.0. The van der Waals surface area contributed by atoms with Crippen LogP contribution in [0.1, 0.15) is 47.5 Å². The van der Waals surface area contributed by atoms with Crippen LogP contribution in [-0.2, 0) is 14.8 Å². The van der Waals surface area contributed by atoms with Gasteiger partial charge in [-0.1, -0.05) is 31.0 Å². The van der Waals surface area contributed by atoms with Gasteiger partial charge in [-0.3, -0.25) is 9.59 Å². The Bertz CT molecular complexity index is 793. The molecule has 1 aliphatic carbocycles. The number of amides is 2. The van der Waals surface area contributed by atoms with E-state index in [-0.39, 0.29) is 24.5 Å². The van der Waals surface area contributed by atoms with Crippen molar-refractivity contribution < 1.29 is 18.0 Å². The lowest BCUT2D eigenvalue weighted by atomic mass is 9.84. The Morgan fingerprint density at radius 3 is 2.60 bits per heavy atom. The van der Waals surface area contributed by atoms with E-state index >= 15 is 0 Å². The molecule has 0 saturated heterocycles. The quantitative estimate of drug-likeness (QED) is 0.813. The fourth-order valence-electron chi connectivity index (χ4n) is 3.95. The molecule has 2 amide bonds. The Morgan fingerprint density at radius 1 is 1.24 bits per heavy atom. The van der Waals surface area contributed by atoms with E-state index in [0.717, 1.165) is 19.1 Å². The standard InChI is InChI=1S/C17H23N3O4S/c1-25(23,24)19-14-8-4-5-9-15(14)20-10-13(16(18)21)11-6-2-3-7-12(11)17(20)22/h2-3,6-7,13-15,19H,4-5,8-10H2,1H3,(H2,18,21)/t13?,14-,15-/m0/s1. The highest BCUT2D eigenvalue weighted by molar-refractivity contribution is 7.88. The summed E-state index contributed by atoms with van der Waals surface area (Å²) >= 11 is 0. The molecule has 3 N–H and O–H groups in total. The van der Waals surface area contributed by atoms with Crippen molar-refractivity contribution in [3.05, 3.63) is 35.4 Å². The monoisotopic (exact) mass is 365 g/mol. The largest absolute Gasteiger partial charge is 0.369 e. The first-order valence-corrected chi connectivity index (χ1v) is 10.3. The SMILES string of the molecule is CS(=O)(=O)N[C@H]1CCCC[C@@H]1N1CC(C(N)=O)c2ccccc2C1=O. The van der Waals surface area contributed by atoms with Crippen molar-refractivity contribution >= 4 is 21.8 Å². The average molecular weight is 365 g/mol. The van der Waals surface area contributed by atoms with Crippen LogP contribution in [0.4, 0.5) is 0 Å². The van der Waals surface area contributed by atoms with Crippen LogP contribution >= 0.6 is 0 Å². The minimum absolute atomic E-state index is 0.166. The van der Waals surface area contributed by atoms with Gasteiger partial charge in [-0.2, -0.15) is 0 Å². The van der Waals surface area contributed by atoms with E-state index in [0.29, 0.717) is 24.0 Å². The van der Waals surface area contributed by atoms with Crippen molar-refractivity contribution in [2.24, 2.45) is 5.73 Å². The Morgan fingerprint density at radius 2 is 1.92 bits per heavy atom. The van der Waals surface area contributed by atoms with Gasteiger partial charge in [0.05, 0.1) is 12.2 Å². The maximum absolute atomic E-state index is 13.0. The van der Waals surface area contributed by atoms with Crippen molar-refractivity contribution in [1.29, 1.82) is 0 Å². The van der Waals surface area contributed by atoms with E-state index < -0.39 is 21.8 Å². The predicted octanol–water partition coefficient (Wildman–Crippen LogP) is 0.572. The van der Waals surface area contributed by atoms with Crippen LogP contribution in [0.25, 0.3) is 0 Å². The number of fused-ring (bicyclic) bond motifs is 1. The first-order valence-electron chi connectivity index (χ1n) is 8.44. The maximum Gasteiger partial charge on any atom is 0.254 e. The van der Waals surface area contributed by atoms with Crippen LogP contribution < -0.4 is 10.5 Å². The predicted molar refractivity (Wildman–Crippen MR) is 93.4 cm³/mol. The molecule has 1 saturated carbocycles. The summed E-state index contributed by atoms with van der Waals surface area (Å²) in [5.74, 6) is -1.22. The smallest absolute Gasteiger partial charge is 0.254 e. The third kappa shape index (κ3) is 3.69. The molecule has 2 aliphatic rings. The van der Waals surface area contributed by atoms with E-state index in [9.17, 15) is 18.0 Å². The van der Waals surface area contributed by atoms with Gasteiger partial charge in [0.15, 0.2) is 0 Å². The highest BCUT2D eigenvalue weighted by Gasteiger charge is 2.41. The molecule has 1 heterocycles. The molecule has 3 atom stereocenters. The molecule has 25 heavy (non-hydrogen) atoms. The van der Waals surface area contributed by atoms with Crippen molar-refractivity contribution in [3.63, 3.8) is 0 Å². The lowest BCUT2D eigenvalue weighted by Crippen LogP contribution is -2.57. The number of nitrogens with two attached hydrogens (primary N) is 1. The summed E-state index contributed by atoms with van der Waals surface area (Å²) in [5.41, 5.74) is 6.69. The molecule has 1 fully saturated rings.